The van der Waals surface area contributed by atoms with Crippen molar-refractivity contribution in [1.82, 2.24) is 15.0 Å². The second-order valence-electron chi connectivity index (χ2n) is 5.12. The number of aryl methyl sites for hydroxylation is 1. The van der Waals surface area contributed by atoms with Gasteiger partial charge >= 0.3 is 0 Å². The summed E-state index contributed by atoms with van der Waals surface area (Å²) in [5.74, 6) is 0. The van der Waals surface area contributed by atoms with Gasteiger partial charge in [-0.15, -0.1) is 5.10 Å². The second kappa shape index (κ2) is 5.43. The van der Waals surface area contributed by atoms with Gasteiger partial charge in [0.05, 0.1) is 18.3 Å². The molecule has 20 heavy (non-hydrogen) atoms. The van der Waals surface area contributed by atoms with Crippen molar-refractivity contribution < 1.29 is 5.11 Å². The lowest BCUT2D eigenvalue weighted by Crippen LogP contribution is -2.19. The highest BCUT2D eigenvalue weighted by Gasteiger charge is 2.08. The number of aliphatic hydroxyl groups is 1. The first kappa shape index (κ1) is 12.8. The summed E-state index contributed by atoms with van der Waals surface area (Å²) >= 11 is 0. The van der Waals surface area contributed by atoms with Gasteiger partial charge in [0.15, 0.2) is 0 Å². The van der Waals surface area contributed by atoms with E-state index in [0.29, 0.717) is 13.0 Å². The molecule has 0 radical (unpaired) electrons. The molecule has 0 saturated carbocycles. The summed E-state index contributed by atoms with van der Waals surface area (Å²) in [6.45, 7) is 2.35. The Morgan fingerprint density at radius 2 is 1.95 bits per heavy atom. The Balaban J connectivity index is 1.72. The van der Waals surface area contributed by atoms with Crippen LogP contribution in [0.3, 0.4) is 0 Å². The zero-order chi connectivity index (χ0) is 13.9. The van der Waals surface area contributed by atoms with E-state index >= 15 is 0 Å². The number of fused-ring (bicyclic) bond motifs is 1. The van der Waals surface area contributed by atoms with E-state index in [1.165, 1.54) is 10.8 Å². The minimum atomic E-state index is -0.461. The van der Waals surface area contributed by atoms with Crippen LogP contribution in [0.4, 0.5) is 0 Å². The lowest BCUT2D eigenvalue weighted by atomic mass is 10.0. The van der Waals surface area contributed by atoms with Crippen LogP contribution < -0.4 is 0 Å². The van der Waals surface area contributed by atoms with E-state index in [-0.39, 0.29) is 0 Å². The van der Waals surface area contributed by atoms with Crippen LogP contribution >= 0.6 is 0 Å². The molecule has 1 unspecified atom stereocenters. The fourth-order valence-corrected chi connectivity index (χ4v) is 2.40. The van der Waals surface area contributed by atoms with Gasteiger partial charge in [0.25, 0.3) is 0 Å². The monoisotopic (exact) mass is 267 g/mol. The number of aliphatic hydroxyl groups excluding tert-OH is 1. The SMILES string of the molecule is Cc1cn(CC(O)Cc2ccc3ccccc3c2)nn1. The number of hydrogen-bond acceptors (Lipinski definition) is 3. The first-order chi connectivity index (χ1) is 9.70. The van der Waals surface area contributed by atoms with E-state index in [2.05, 4.69) is 40.6 Å². The molecule has 0 aliphatic carbocycles. The second-order valence-corrected chi connectivity index (χ2v) is 5.12. The minimum Gasteiger partial charge on any atom is -0.391 e. The molecule has 1 atom stereocenters. The van der Waals surface area contributed by atoms with Crippen molar-refractivity contribution in [2.75, 3.05) is 0 Å². The van der Waals surface area contributed by atoms with Crippen LogP contribution in [0.25, 0.3) is 10.8 Å². The van der Waals surface area contributed by atoms with Gasteiger partial charge in [-0.1, -0.05) is 47.7 Å². The van der Waals surface area contributed by atoms with Crippen molar-refractivity contribution in [3.05, 3.63) is 59.9 Å². The van der Waals surface area contributed by atoms with Gasteiger partial charge in [-0.3, -0.25) is 0 Å². The fraction of sp³-hybridized carbons (Fsp3) is 0.250. The van der Waals surface area contributed by atoms with Crippen molar-refractivity contribution in [3.63, 3.8) is 0 Å². The summed E-state index contributed by atoms with van der Waals surface area (Å²) in [5.41, 5.74) is 2.00. The lowest BCUT2D eigenvalue weighted by molar-refractivity contribution is 0.148. The Bertz CT molecular complexity index is 720. The molecule has 3 rings (SSSR count). The molecule has 3 aromatic rings. The van der Waals surface area contributed by atoms with Crippen LogP contribution in [0.2, 0.25) is 0 Å². The summed E-state index contributed by atoms with van der Waals surface area (Å²) in [6, 6.07) is 14.5. The zero-order valence-electron chi connectivity index (χ0n) is 11.4. The molecule has 4 nitrogen and oxygen atoms in total. The largest absolute Gasteiger partial charge is 0.391 e. The van der Waals surface area contributed by atoms with Crippen LogP contribution in [0.1, 0.15) is 11.3 Å². The first-order valence-corrected chi connectivity index (χ1v) is 6.73. The smallest absolute Gasteiger partial charge is 0.0796 e. The number of benzene rings is 2. The molecule has 2 aromatic carbocycles. The van der Waals surface area contributed by atoms with Gasteiger partial charge in [-0.2, -0.15) is 0 Å². The molecule has 4 heteroatoms. The number of aromatic nitrogens is 3. The summed E-state index contributed by atoms with van der Waals surface area (Å²) in [5, 5.41) is 20.4. The van der Waals surface area contributed by atoms with Gasteiger partial charge in [0.2, 0.25) is 0 Å². The van der Waals surface area contributed by atoms with Gasteiger partial charge in [0, 0.05) is 12.6 Å². The predicted octanol–water partition coefficient (Wildman–Crippen LogP) is 2.34. The fourth-order valence-electron chi connectivity index (χ4n) is 2.40. The van der Waals surface area contributed by atoms with Gasteiger partial charge in [0.1, 0.15) is 0 Å². The van der Waals surface area contributed by atoms with Crippen molar-refractivity contribution in [2.45, 2.75) is 26.0 Å². The Morgan fingerprint density at radius 3 is 2.70 bits per heavy atom. The molecule has 1 heterocycles. The predicted molar refractivity (Wildman–Crippen MR) is 78.4 cm³/mol. The van der Waals surface area contributed by atoms with Crippen LogP contribution in [0.15, 0.2) is 48.7 Å². The van der Waals surface area contributed by atoms with E-state index < -0.39 is 6.10 Å². The first-order valence-electron chi connectivity index (χ1n) is 6.73. The third-order valence-corrected chi connectivity index (χ3v) is 3.34. The number of hydrogen-bond donors (Lipinski definition) is 1. The molecular weight excluding hydrogens is 250 g/mol. The van der Waals surface area contributed by atoms with Crippen LogP contribution in [-0.2, 0) is 13.0 Å². The molecule has 102 valence electrons. The normalized spacial score (nSPS) is 12.7. The summed E-state index contributed by atoms with van der Waals surface area (Å²) in [4.78, 5) is 0. The van der Waals surface area contributed by atoms with E-state index in [1.54, 1.807) is 4.68 Å². The maximum atomic E-state index is 10.1. The van der Waals surface area contributed by atoms with E-state index in [4.69, 9.17) is 0 Å². The lowest BCUT2D eigenvalue weighted by Gasteiger charge is -2.11. The Hall–Kier alpha value is -2.20. The average molecular weight is 267 g/mol. The van der Waals surface area contributed by atoms with Crippen molar-refractivity contribution >= 4 is 10.8 Å². The standard InChI is InChI=1S/C16H17N3O/c1-12-10-19(18-17-12)11-16(20)9-13-6-7-14-4-2-3-5-15(14)8-13/h2-8,10,16,20H,9,11H2,1H3. The molecule has 0 aliphatic heterocycles. The molecule has 1 N–H and O–H groups in total. The van der Waals surface area contributed by atoms with Gasteiger partial charge in [-0.25, -0.2) is 4.68 Å². The average Bonchev–Trinajstić information content (AvgIpc) is 2.83. The van der Waals surface area contributed by atoms with E-state index in [1.807, 2.05) is 25.3 Å². The maximum Gasteiger partial charge on any atom is 0.0796 e. The molecule has 1 aromatic heterocycles. The molecule has 0 aliphatic rings. The molecule has 0 saturated heterocycles. The van der Waals surface area contributed by atoms with Crippen LogP contribution in [0, 0.1) is 6.92 Å². The number of rotatable bonds is 4. The van der Waals surface area contributed by atoms with E-state index in [9.17, 15) is 5.11 Å². The maximum absolute atomic E-state index is 10.1. The van der Waals surface area contributed by atoms with Crippen molar-refractivity contribution in [2.24, 2.45) is 0 Å². The van der Waals surface area contributed by atoms with E-state index in [0.717, 1.165) is 11.3 Å². The van der Waals surface area contributed by atoms with Gasteiger partial charge in [-0.05, 0) is 23.3 Å². The van der Waals surface area contributed by atoms with Crippen molar-refractivity contribution in [1.29, 1.82) is 0 Å². The highest BCUT2D eigenvalue weighted by molar-refractivity contribution is 5.82. The Morgan fingerprint density at radius 1 is 1.15 bits per heavy atom. The highest BCUT2D eigenvalue weighted by Crippen LogP contribution is 2.16. The van der Waals surface area contributed by atoms with Crippen molar-refractivity contribution in [3.8, 4) is 0 Å². The summed E-state index contributed by atoms with van der Waals surface area (Å²) < 4.78 is 1.68. The molecule has 0 spiro atoms. The van der Waals surface area contributed by atoms with Gasteiger partial charge < -0.3 is 5.11 Å². The minimum absolute atomic E-state index is 0.461. The summed E-state index contributed by atoms with van der Waals surface area (Å²) in [6.07, 6.45) is 1.99. The van der Waals surface area contributed by atoms with Crippen LogP contribution in [-0.4, -0.2) is 26.2 Å². The molecule has 0 bridgehead atoms. The number of nitrogens with zero attached hydrogens (tertiary/aromatic N) is 3. The molecular formula is C16H17N3O. The molecule has 0 amide bonds. The third kappa shape index (κ3) is 2.86. The topological polar surface area (TPSA) is 50.9 Å². The Kier molecular flexibility index (Phi) is 3.48. The third-order valence-electron chi connectivity index (χ3n) is 3.34. The summed E-state index contributed by atoms with van der Waals surface area (Å²) in [7, 11) is 0. The zero-order valence-corrected chi connectivity index (χ0v) is 11.4. The van der Waals surface area contributed by atoms with Crippen LogP contribution in [0.5, 0.6) is 0 Å². The highest BCUT2D eigenvalue weighted by atomic mass is 16.3. The quantitative estimate of drug-likeness (QED) is 0.789. The molecule has 0 fully saturated rings. The Labute approximate surface area is 117 Å².